The standard InChI is InChI=1S/C13H22N2O2S/c1-5-8-18-9-7-15-10(3)11(16)14-13(4,6-2)12(15)17/h5,10H,1,6-9H2,2-4H3,(H,14,16). The Morgan fingerprint density at radius 1 is 1.56 bits per heavy atom. The van der Waals surface area contributed by atoms with Crippen LogP contribution in [0.25, 0.3) is 0 Å². The van der Waals surface area contributed by atoms with E-state index in [4.69, 9.17) is 0 Å². The molecule has 1 heterocycles. The van der Waals surface area contributed by atoms with Crippen LogP contribution in [0, 0.1) is 0 Å². The zero-order valence-corrected chi connectivity index (χ0v) is 12.2. The molecule has 0 radical (unpaired) electrons. The number of amides is 2. The number of rotatable bonds is 6. The number of hydrogen-bond donors (Lipinski definition) is 1. The first-order chi connectivity index (χ1) is 8.46. The zero-order valence-electron chi connectivity index (χ0n) is 11.4. The molecule has 0 aromatic carbocycles. The van der Waals surface area contributed by atoms with Crippen LogP contribution in [-0.2, 0) is 9.59 Å². The van der Waals surface area contributed by atoms with E-state index in [0.29, 0.717) is 13.0 Å². The second-order valence-corrected chi connectivity index (χ2v) is 5.86. The van der Waals surface area contributed by atoms with E-state index in [1.807, 2.05) is 13.0 Å². The lowest BCUT2D eigenvalue weighted by Gasteiger charge is -2.43. The number of nitrogens with zero attached hydrogens (tertiary/aromatic N) is 1. The summed E-state index contributed by atoms with van der Waals surface area (Å²) in [4.78, 5) is 26.0. The molecule has 1 fully saturated rings. The summed E-state index contributed by atoms with van der Waals surface area (Å²) in [5.41, 5.74) is -0.743. The molecular formula is C13H22N2O2S. The van der Waals surface area contributed by atoms with Crippen molar-refractivity contribution in [1.29, 1.82) is 0 Å². The van der Waals surface area contributed by atoms with Crippen molar-refractivity contribution < 1.29 is 9.59 Å². The van der Waals surface area contributed by atoms with Gasteiger partial charge in [-0.2, -0.15) is 11.8 Å². The van der Waals surface area contributed by atoms with Crippen molar-refractivity contribution in [3.8, 4) is 0 Å². The molecule has 2 unspecified atom stereocenters. The average Bonchev–Trinajstić information content (AvgIpc) is 2.36. The van der Waals surface area contributed by atoms with Crippen LogP contribution in [0.2, 0.25) is 0 Å². The van der Waals surface area contributed by atoms with Crippen LogP contribution in [0.1, 0.15) is 27.2 Å². The highest BCUT2D eigenvalue weighted by Gasteiger charge is 2.44. The van der Waals surface area contributed by atoms with Gasteiger partial charge >= 0.3 is 0 Å². The van der Waals surface area contributed by atoms with E-state index in [9.17, 15) is 9.59 Å². The molecule has 1 N–H and O–H groups in total. The third-order valence-corrected chi connectivity index (χ3v) is 4.34. The molecule has 0 spiro atoms. The normalized spacial score (nSPS) is 28.2. The SMILES string of the molecule is C=CCSCCN1C(=O)C(C)(CC)NC(=O)C1C. The Kier molecular flexibility index (Phi) is 5.26. The van der Waals surface area contributed by atoms with Gasteiger partial charge in [0.1, 0.15) is 11.6 Å². The maximum absolute atomic E-state index is 12.4. The Morgan fingerprint density at radius 3 is 2.78 bits per heavy atom. The molecule has 0 aromatic heterocycles. The average molecular weight is 270 g/mol. The van der Waals surface area contributed by atoms with Gasteiger partial charge in [0.05, 0.1) is 0 Å². The van der Waals surface area contributed by atoms with Gasteiger partial charge in [-0.25, -0.2) is 0 Å². The second-order valence-electron chi connectivity index (χ2n) is 4.71. The molecule has 4 nitrogen and oxygen atoms in total. The molecule has 1 saturated heterocycles. The lowest BCUT2D eigenvalue weighted by molar-refractivity contribution is -0.153. The summed E-state index contributed by atoms with van der Waals surface area (Å²) in [5, 5.41) is 2.82. The number of hydrogen-bond acceptors (Lipinski definition) is 3. The van der Waals surface area contributed by atoms with Crippen molar-refractivity contribution in [2.45, 2.75) is 38.8 Å². The van der Waals surface area contributed by atoms with Crippen molar-refractivity contribution >= 4 is 23.6 Å². The maximum atomic E-state index is 12.4. The zero-order chi connectivity index (χ0) is 13.8. The lowest BCUT2D eigenvalue weighted by Crippen LogP contribution is -2.68. The van der Waals surface area contributed by atoms with Crippen LogP contribution in [0.4, 0.5) is 0 Å². The van der Waals surface area contributed by atoms with E-state index in [2.05, 4.69) is 11.9 Å². The van der Waals surface area contributed by atoms with Crippen molar-refractivity contribution in [2.75, 3.05) is 18.1 Å². The van der Waals surface area contributed by atoms with Gasteiger partial charge in [-0.15, -0.1) is 6.58 Å². The molecule has 1 aliphatic heterocycles. The van der Waals surface area contributed by atoms with Gasteiger partial charge < -0.3 is 10.2 Å². The molecule has 18 heavy (non-hydrogen) atoms. The number of nitrogens with one attached hydrogen (secondary N) is 1. The van der Waals surface area contributed by atoms with Gasteiger partial charge in [-0.3, -0.25) is 9.59 Å². The molecule has 102 valence electrons. The van der Waals surface area contributed by atoms with E-state index in [1.165, 1.54) is 0 Å². The summed E-state index contributed by atoms with van der Waals surface area (Å²) in [6, 6.07) is -0.374. The number of thioether (sulfide) groups is 1. The first-order valence-corrected chi connectivity index (χ1v) is 7.43. The van der Waals surface area contributed by atoms with Gasteiger partial charge in [0, 0.05) is 18.1 Å². The molecule has 0 bridgehead atoms. The predicted octanol–water partition coefficient (Wildman–Crippen LogP) is 1.42. The first kappa shape index (κ1) is 15.1. The molecule has 0 aliphatic carbocycles. The van der Waals surface area contributed by atoms with E-state index in [0.717, 1.165) is 11.5 Å². The van der Waals surface area contributed by atoms with Crippen molar-refractivity contribution in [2.24, 2.45) is 0 Å². The van der Waals surface area contributed by atoms with E-state index in [1.54, 1.807) is 30.5 Å². The monoisotopic (exact) mass is 270 g/mol. The first-order valence-electron chi connectivity index (χ1n) is 6.28. The Labute approximate surface area is 113 Å². The third-order valence-electron chi connectivity index (χ3n) is 3.40. The fourth-order valence-electron chi connectivity index (χ4n) is 1.93. The molecule has 1 rings (SSSR count). The number of carbonyl (C=O) groups is 2. The highest BCUT2D eigenvalue weighted by molar-refractivity contribution is 7.99. The minimum Gasteiger partial charge on any atom is -0.340 e. The maximum Gasteiger partial charge on any atom is 0.248 e. The Bertz CT molecular complexity index is 346. The summed E-state index contributed by atoms with van der Waals surface area (Å²) in [6.07, 6.45) is 2.45. The molecule has 5 heteroatoms. The van der Waals surface area contributed by atoms with Gasteiger partial charge in [0.15, 0.2) is 0 Å². The highest BCUT2D eigenvalue weighted by Crippen LogP contribution is 2.21. The number of piperazine rings is 1. The van der Waals surface area contributed by atoms with Crippen LogP contribution >= 0.6 is 11.8 Å². The summed E-state index contributed by atoms with van der Waals surface area (Å²) < 4.78 is 0. The summed E-state index contributed by atoms with van der Waals surface area (Å²) in [5.74, 6) is 1.66. The largest absolute Gasteiger partial charge is 0.340 e. The van der Waals surface area contributed by atoms with Crippen LogP contribution < -0.4 is 5.32 Å². The lowest BCUT2D eigenvalue weighted by atomic mass is 9.92. The van der Waals surface area contributed by atoms with Gasteiger partial charge in [0.25, 0.3) is 0 Å². The third kappa shape index (κ3) is 3.07. The minimum absolute atomic E-state index is 0.0244. The second kappa shape index (κ2) is 6.27. The molecule has 0 aromatic rings. The van der Waals surface area contributed by atoms with Crippen LogP contribution in [0.3, 0.4) is 0 Å². The van der Waals surface area contributed by atoms with Gasteiger partial charge in [-0.05, 0) is 20.3 Å². The van der Waals surface area contributed by atoms with Crippen LogP contribution in [-0.4, -0.2) is 46.3 Å². The topological polar surface area (TPSA) is 49.4 Å². The summed E-state index contributed by atoms with van der Waals surface area (Å²) in [7, 11) is 0. The fraction of sp³-hybridized carbons (Fsp3) is 0.692. The Hall–Kier alpha value is -0.970. The number of carbonyl (C=O) groups excluding carboxylic acids is 2. The molecule has 1 aliphatic rings. The van der Waals surface area contributed by atoms with Crippen molar-refractivity contribution in [3.63, 3.8) is 0 Å². The van der Waals surface area contributed by atoms with Crippen LogP contribution in [0.15, 0.2) is 12.7 Å². The van der Waals surface area contributed by atoms with E-state index >= 15 is 0 Å². The smallest absolute Gasteiger partial charge is 0.248 e. The van der Waals surface area contributed by atoms with E-state index in [-0.39, 0.29) is 17.9 Å². The Morgan fingerprint density at radius 2 is 2.22 bits per heavy atom. The van der Waals surface area contributed by atoms with Crippen molar-refractivity contribution in [3.05, 3.63) is 12.7 Å². The van der Waals surface area contributed by atoms with Crippen LogP contribution in [0.5, 0.6) is 0 Å². The highest BCUT2D eigenvalue weighted by atomic mass is 32.2. The van der Waals surface area contributed by atoms with Gasteiger partial charge in [0.2, 0.25) is 11.8 Å². The summed E-state index contributed by atoms with van der Waals surface area (Å²) >= 11 is 1.72. The van der Waals surface area contributed by atoms with Gasteiger partial charge in [-0.1, -0.05) is 13.0 Å². The summed E-state index contributed by atoms with van der Waals surface area (Å²) in [6.45, 7) is 9.76. The predicted molar refractivity (Wildman–Crippen MR) is 75.5 cm³/mol. The minimum atomic E-state index is -0.743. The van der Waals surface area contributed by atoms with Crippen molar-refractivity contribution in [1.82, 2.24) is 10.2 Å². The molecule has 0 saturated carbocycles. The van der Waals surface area contributed by atoms with E-state index < -0.39 is 5.54 Å². The fourth-order valence-corrected chi connectivity index (χ4v) is 2.59. The molecule has 2 atom stereocenters. The molecule has 2 amide bonds. The molecular weight excluding hydrogens is 248 g/mol. The quantitative estimate of drug-likeness (QED) is 0.586. The Balaban J connectivity index is 2.70.